The van der Waals surface area contributed by atoms with Crippen molar-refractivity contribution in [2.75, 3.05) is 52.5 Å². The van der Waals surface area contributed by atoms with E-state index in [2.05, 4.69) is 4.90 Å². The average molecular weight is 562 g/mol. The number of hydrogen-bond acceptors (Lipinski definition) is 5. The van der Waals surface area contributed by atoms with E-state index in [-0.39, 0.29) is 17.7 Å². The number of amides is 2. The highest BCUT2D eigenvalue weighted by Gasteiger charge is 2.36. The Kier molecular flexibility index (Phi) is 8.18. The van der Waals surface area contributed by atoms with Crippen LogP contribution in [0.15, 0.2) is 60.7 Å². The minimum Gasteiger partial charge on any atom is -0.378 e. The Bertz CT molecular complexity index is 1320. The largest absolute Gasteiger partial charge is 0.378 e. The zero-order valence-electron chi connectivity index (χ0n) is 22.8. The molecule has 3 aliphatic rings. The topological polar surface area (TPSA) is 70.9 Å². The van der Waals surface area contributed by atoms with Crippen molar-refractivity contribution in [3.8, 4) is 16.9 Å². The number of halogens is 1. The molecule has 2 aromatic carbocycles. The maximum atomic E-state index is 14.0. The predicted molar refractivity (Wildman–Crippen MR) is 155 cm³/mol. The van der Waals surface area contributed by atoms with Gasteiger partial charge in [-0.1, -0.05) is 60.1 Å². The zero-order chi connectivity index (χ0) is 27.5. The fraction of sp³-hybridized carbons (Fsp3) is 0.452. The molecular formula is C31H36ClN5O3. The molecule has 0 radical (unpaired) electrons. The van der Waals surface area contributed by atoms with Gasteiger partial charge in [0, 0.05) is 44.3 Å². The number of aromatic nitrogens is 2. The van der Waals surface area contributed by atoms with E-state index < -0.39 is 0 Å². The lowest BCUT2D eigenvalue weighted by molar-refractivity contribution is -0.141. The van der Waals surface area contributed by atoms with Gasteiger partial charge in [-0.2, -0.15) is 5.10 Å². The van der Waals surface area contributed by atoms with E-state index >= 15 is 0 Å². The summed E-state index contributed by atoms with van der Waals surface area (Å²) in [6.07, 6.45) is 3.76. The van der Waals surface area contributed by atoms with Crippen molar-refractivity contribution in [3.05, 3.63) is 71.4 Å². The van der Waals surface area contributed by atoms with Crippen molar-refractivity contribution in [2.45, 2.75) is 31.7 Å². The molecule has 2 amide bonds. The van der Waals surface area contributed by atoms with Crippen molar-refractivity contribution >= 4 is 23.4 Å². The number of para-hydroxylation sites is 1. The summed E-state index contributed by atoms with van der Waals surface area (Å²) in [5, 5.41) is 5.13. The van der Waals surface area contributed by atoms with Gasteiger partial charge in [0.1, 0.15) is 16.4 Å². The molecule has 0 N–H and O–H groups in total. The number of benzene rings is 2. The van der Waals surface area contributed by atoms with Gasteiger partial charge < -0.3 is 14.5 Å². The van der Waals surface area contributed by atoms with E-state index in [1.807, 2.05) is 70.5 Å². The van der Waals surface area contributed by atoms with Crippen LogP contribution in [0, 0.1) is 5.92 Å². The Labute approximate surface area is 240 Å². The molecule has 3 saturated heterocycles. The summed E-state index contributed by atoms with van der Waals surface area (Å²) < 4.78 is 7.08. The first-order valence-corrected chi connectivity index (χ1v) is 14.8. The molecule has 3 aromatic rings. The first kappa shape index (κ1) is 27.0. The predicted octanol–water partition coefficient (Wildman–Crippen LogP) is 4.37. The number of carbonyl (C=O) groups is 2. The highest BCUT2D eigenvalue weighted by Crippen LogP contribution is 2.33. The van der Waals surface area contributed by atoms with Crippen molar-refractivity contribution in [2.24, 2.45) is 5.92 Å². The van der Waals surface area contributed by atoms with Crippen LogP contribution in [0.1, 0.15) is 36.0 Å². The standard InChI is InChI=1S/C31H36ClN5O3/c32-29-27(28(23-8-3-1-4-9-23)33-37(29)26-11-5-2-6-12-26)31(39)34-16-13-25(14-17-34)36-15-7-10-24(22-36)30(38)35-18-20-40-21-19-35/h1-6,8-9,11-12,24-25H,7,10,13-22H2/t24-/m1/s1. The number of ether oxygens (including phenoxy) is 1. The van der Waals surface area contributed by atoms with E-state index in [4.69, 9.17) is 21.4 Å². The summed E-state index contributed by atoms with van der Waals surface area (Å²) in [5.41, 5.74) is 2.72. The van der Waals surface area contributed by atoms with Gasteiger partial charge in [0.2, 0.25) is 5.91 Å². The lowest BCUT2D eigenvalue weighted by Crippen LogP contribution is -2.53. The lowest BCUT2D eigenvalue weighted by Gasteiger charge is -2.43. The number of rotatable bonds is 5. The SMILES string of the molecule is O=C(c1c(-c2ccccc2)nn(-c2ccccc2)c1Cl)N1CCC(N2CCC[C@@H](C(=O)N3CCOCC3)C2)CC1. The summed E-state index contributed by atoms with van der Waals surface area (Å²) in [6.45, 7) is 5.80. The highest BCUT2D eigenvalue weighted by atomic mass is 35.5. The van der Waals surface area contributed by atoms with E-state index in [0.717, 1.165) is 50.0 Å². The molecule has 1 aromatic heterocycles. The van der Waals surface area contributed by atoms with E-state index in [9.17, 15) is 9.59 Å². The summed E-state index contributed by atoms with van der Waals surface area (Å²) in [6, 6.07) is 19.8. The van der Waals surface area contributed by atoms with Gasteiger partial charge in [-0.15, -0.1) is 0 Å². The van der Waals surface area contributed by atoms with Crippen LogP contribution in [0.2, 0.25) is 5.15 Å². The van der Waals surface area contributed by atoms with Crippen LogP contribution in [0.25, 0.3) is 16.9 Å². The Morgan fingerprint density at radius 3 is 2.20 bits per heavy atom. The van der Waals surface area contributed by atoms with Gasteiger partial charge in [-0.3, -0.25) is 14.5 Å². The molecule has 0 spiro atoms. The lowest BCUT2D eigenvalue weighted by atomic mass is 9.92. The van der Waals surface area contributed by atoms with E-state index in [1.54, 1.807) is 4.68 Å². The summed E-state index contributed by atoms with van der Waals surface area (Å²) in [5.74, 6) is 0.255. The quantitative estimate of drug-likeness (QED) is 0.463. The third kappa shape index (κ3) is 5.53. The third-order valence-electron chi connectivity index (χ3n) is 8.48. The van der Waals surface area contributed by atoms with Crippen LogP contribution in [-0.4, -0.2) is 94.8 Å². The van der Waals surface area contributed by atoms with Crippen molar-refractivity contribution < 1.29 is 14.3 Å². The van der Waals surface area contributed by atoms with Crippen LogP contribution in [0.5, 0.6) is 0 Å². The number of piperidine rings is 2. The fourth-order valence-corrected chi connectivity index (χ4v) is 6.60. The molecule has 6 rings (SSSR count). The third-order valence-corrected chi connectivity index (χ3v) is 8.83. The Hall–Kier alpha value is -3.20. The number of carbonyl (C=O) groups excluding carboxylic acids is 2. The van der Waals surface area contributed by atoms with Crippen molar-refractivity contribution in [1.29, 1.82) is 0 Å². The molecule has 1 atom stereocenters. The van der Waals surface area contributed by atoms with Gasteiger partial charge in [-0.25, -0.2) is 4.68 Å². The molecule has 3 aliphatic heterocycles. The van der Waals surface area contributed by atoms with Gasteiger partial charge in [0.15, 0.2) is 0 Å². The molecule has 3 fully saturated rings. The minimum absolute atomic E-state index is 0.0579. The number of likely N-dealkylation sites (tertiary alicyclic amines) is 2. The molecule has 0 saturated carbocycles. The van der Waals surface area contributed by atoms with Crippen LogP contribution in [0.4, 0.5) is 0 Å². The molecule has 0 aliphatic carbocycles. The molecular weight excluding hydrogens is 526 g/mol. The van der Waals surface area contributed by atoms with E-state index in [1.165, 1.54) is 0 Å². The molecule has 0 unspecified atom stereocenters. The molecule has 210 valence electrons. The summed E-state index contributed by atoms with van der Waals surface area (Å²) >= 11 is 6.89. The maximum absolute atomic E-state index is 14.0. The van der Waals surface area contributed by atoms with Crippen molar-refractivity contribution in [1.82, 2.24) is 24.5 Å². The van der Waals surface area contributed by atoms with Gasteiger partial charge in [-0.05, 0) is 44.4 Å². The van der Waals surface area contributed by atoms with Crippen LogP contribution in [0.3, 0.4) is 0 Å². The number of hydrogen-bond donors (Lipinski definition) is 0. The van der Waals surface area contributed by atoms with Crippen LogP contribution < -0.4 is 0 Å². The normalized spacial score (nSPS) is 21.0. The van der Waals surface area contributed by atoms with Gasteiger partial charge in [0.25, 0.3) is 5.91 Å². The average Bonchev–Trinajstić information content (AvgIpc) is 3.38. The van der Waals surface area contributed by atoms with Gasteiger partial charge in [0.05, 0.1) is 24.8 Å². The number of nitrogens with zero attached hydrogens (tertiary/aromatic N) is 5. The molecule has 40 heavy (non-hydrogen) atoms. The second kappa shape index (κ2) is 12.1. The Morgan fingerprint density at radius 1 is 0.825 bits per heavy atom. The summed E-state index contributed by atoms with van der Waals surface area (Å²) in [4.78, 5) is 33.5. The summed E-state index contributed by atoms with van der Waals surface area (Å²) in [7, 11) is 0. The smallest absolute Gasteiger partial charge is 0.259 e. The van der Waals surface area contributed by atoms with Crippen LogP contribution in [-0.2, 0) is 9.53 Å². The van der Waals surface area contributed by atoms with Gasteiger partial charge >= 0.3 is 0 Å². The molecule has 4 heterocycles. The van der Waals surface area contributed by atoms with E-state index in [0.29, 0.717) is 61.8 Å². The zero-order valence-corrected chi connectivity index (χ0v) is 23.5. The Balaban J connectivity index is 1.16. The molecule has 9 heteroatoms. The Morgan fingerprint density at radius 2 is 1.50 bits per heavy atom. The maximum Gasteiger partial charge on any atom is 0.259 e. The van der Waals surface area contributed by atoms with Crippen molar-refractivity contribution in [3.63, 3.8) is 0 Å². The molecule has 8 nitrogen and oxygen atoms in total. The molecule has 0 bridgehead atoms. The second-order valence-electron chi connectivity index (χ2n) is 10.9. The van der Waals surface area contributed by atoms with Crippen LogP contribution >= 0.6 is 11.6 Å². The minimum atomic E-state index is -0.0801. The first-order valence-electron chi connectivity index (χ1n) is 14.4. The second-order valence-corrected chi connectivity index (χ2v) is 11.3. The number of morpholine rings is 1. The monoisotopic (exact) mass is 561 g/mol. The fourth-order valence-electron chi connectivity index (χ4n) is 6.30. The highest BCUT2D eigenvalue weighted by molar-refractivity contribution is 6.34. The first-order chi connectivity index (χ1) is 19.6.